The lowest BCUT2D eigenvalue weighted by molar-refractivity contribution is -0.119. The van der Waals surface area contributed by atoms with Gasteiger partial charge in [-0.1, -0.05) is 19.1 Å². The van der Waals surface area contributed by atoms with Gasteiger partial charge in [0.05, 0.1) is 0 Å². The van der Waals surface area contributed by atoms with Crippen LogP contribution in [-0.2, 0) is 4.79 Å². The fourth-order valence-electron chi connectivity index (χ4n) is 1.62. The van der Waals surface area contributed by atoms with E-state index >= 15 is 0 Å². The molecule has 1 rings (SSSR count). The molecule has 1 atom stereocenters. The first-order valence-electron chi connectivity index (χ1n) is 5.01. The van der Waals surface area contributed by atoms with Crippen molar-refractivity contribution in [1.82, 2.24) is 0 Å². The van der Waals surface area contributed by atoms with Gasteiger partial charge in [0.1, 0.15) is 5.78 Å². The van der Waals surface area contributed by atoms with E-state index in [2.05, 4.69) is 19.1 Å². The van der Waals surface area contributed by atoms with Crippen molar-refractivity contribution in [3.05, 3.63) is 12.2 Å². The van der Waals surface area contributed by atoms with Crippen molar-refractivity contribution in [2.75, 3.05) is 0 Å². The Labute approximate surface area is 74.9 Å². The highest BCUT2D eigenvalue weighted by Gasteiger charge is 2.09. The van der Waals surface area contributed by atoms with Crippen molar-refractivity contribution in [1.29, 1.82) is 0 Å². The number of ketones is 1. The average Bonchev–Trinajstić information content (AvgIpc) is 2.16. The third kappa shape index (κ3) is 3.21. The van der Waals surface area contributed by atoms with Gasteiger partial charge >= 0.3 is 0 Å². The summed E-state index contributed by atoms with van der Waals surface area (Å²) in [5, 5.41) is 0. The van der Waals surface area contributed by atoms with Gasteiger partial charge in [-0.25, -0.2) is 0 Å². The molecule has 12 heavy (non-hydrogen) atoms. The highest BCUT2D eigenvalue weighted by atomic mass is 16.1. The minimum Gasteiger partial charge on any atom is -0.300 e. The van der Waals surface area contributed by atoms with Crippen LogP contribution >= 0.6 is 0 Å². The van der Waals surface area contributed by atoms with Crippen LogP contribution in [0.5, 0.6) is 0 Å². The van der Waals surface area contributed by atoms with Crippen LogP contribution < -0.4 is 0 Å². The fraction of sp³-hybridized carbons (Fsp3) is 0.727. The van der Waals surface area contributed by atoms with E-state index in [0.717, 1.165) is 32.1 Å². The monoisotopic (exact) mass is 166 g/mol. The summed E-state index contributed by atoms with van der Waals surface area (Å²) in [5.74, 6) is 0.962. The minimum atomic E-state index is 0.452. The number of carbonyl (C=O) groups is 1. The van der Waals surface area contributed by atoms with Gasteiger partial charge in [0, 0.05) is 12.8 Å². The summed E-state index contributed by atoms with van der Waals surface area (Å²) in [6.45, 7) is 2.15. The summed E-state index contributed by atoms with van der Waals surface area (Å²) in [6.07, 6.45) is 10.6. The number of rotatable bonds is 1. The smallest absolute Gasteiger partial charge is 0.133 e. The molecular weight excluding hydrogens is 148 g/mol. The summed E-state index contributed by atoms with van der Waals surface area (Å²) in [5.41, 5.74) is 0. The second kappa shape index (κ2) is 5.13. The van der Waals surface area contributed by atoms with Gasteiger partial charge in [0.25, 0.3) is 0 Å². The quantitative estimate of drug-likeness (QED) is 0.547. The summed E-state index contributed by atoms with van der Waals surface area (Å²) in [4.78, 5) is 11.3. The van der Waals surface area contributed by atoms with Crippen LogP contribution in [0, 0.1) is 5.92 Å². The van der Waals surface area contributed by atoms with Crippen molar-refractivity contribution in [3.8, 4) is 0 Å². The van der Waals surface area contributed by atoms with Crippen LogP contribution in [0.25, 0.3) is 0 Å². The Hall–Kier alpha value is -0.590. The number of allylic oxidation sites excluding steroid dienone is 2. The molecule has 0 N–H and O–H groups in total. The van der Waals surface area contributed by atoms with Crippen LogP contribution in [0.15, 0.2) is 12.2 Å². The Bertz CT molecular complexity index is 170. The Balaban J connectivity index is 2.49. The maximum atomic E-state index is 11.3. The first-order valence-corrected chi connectivity index (χ1v) is 5.01. The molecule has 0 aromatic carbocycles. The molecule has 0 unspecified atom stereocenters. The number of carbonyl (C=O) groups excluding carboxylic acids is 1. The normalized spacial score (nSPS) is 28.8. The van der Waals surface area contributed by atoms with Crippen molar-refractivity contribution >= 4 is 5.78 Å². The van der Waals surface area contributed by atoms with Crippen LogP contribution in [0.1, 0.15) is 45.4 Å². The summed E-state index contributed by atoms with van der Waals surface area (Å²) in [7, 11) is 0. The molecule has 0 heterocycles. The van der Waals surface area contributed by atoms with E-state index in [1.807, 2.05) is 0 Å². The minimum absolute atomic E-state index is 0.452. The van der Waals surface area contributed by atoms with E-state index in [-0.39, 0.29) is 0 Å². The maximum absolute atomic E-state index is 11.3. The van der Waals surface area contributed by atoms with Crippen LogP contribution in [0.2, 0.25) is 0 Å². The van der Waals surface area contributed by atoms with E-state index in [4.69, 9.17) is 0 Å². The van der Waals surface area contributed by atoms with E-state index in [1.54, 1.807) is 0 Å². The Kier molecular flexibility index (Phi) is 4.06. The van der Waals surface area contributed by atoms with Crippen molar-refractivity contribution in [2.24, 2.45) is 5.92 Å². The van der Waals surface area contributed by atoms with Gasteiger partial charge in [-0.15, -0.1) is 0 Å². The molecule has 1 nitrogen and oxygen atoms in total. The highest BCUT2D eigenvalue weighted by Crippen LogP contribution is 2.16. The predicted octanol–water partition coefficient (Wildman–Crippen LogP) is 3.10. The average molecular weight is 166 g/mol. The Morgan fingerprint density at radius 3 is 3.08 bits per heavy atom. The van der Waals surface area contributed by atoms with Gasteiger partial charge in [-0.3, -0.25) is 4.79 Å². The summed E-state index contributed by atoms with van der Waals surface area (Å²) in [6, 6.07) is 0. The molecule has 0 saturated heterocycles. The molecule has 0 aromatic heterocycles. The van der Waals surface area contributed by atoms with Gasteiger partial charge in [-0.05, 0) is 31.6 Å². The third-order valence-electron chi connectivity index (χ3n) is 2.50. The first kappa shape index (κ1) is 9.50. The van der Waals surface area contributed by atoms with E-state index < -0.39 is 0 Å². The fourth-order valence-corrected chi connectivity index (χ4v) is 1.62. The molecule has 0 radical (unpaired) electrons. The molecule has 0 bridgehead atoms. The summed E-state index contributed by atoms with van der Waals surface area (Å²) < 4.78 is 0. The molecule has 0 spiro atoms. The second-order valence-electron chi connectivity index (χ2n) is 3.59. The zero-order valence-corrected chi connectivity index (χ0v) is 7.88. The van der Waals surface area contributed by atoms with Crippen LogP contribution in [0.3, 0.4) is 0 Å². The molecule has 0 aromatic rings. The summed E-state index contributed by atoms with van der Waals surface area (Å²) >= 11 is 0. The topological polar surface area (TPSA) is 17.1 Å². The van der Waals surface area contributed by atoms with E-state index in [0.29, 0.717) is 11.7 Å². The van der Waals surface area contributed by atoms with Gasteiger partial charge in [-0.2, -0.15) is 0 Å². The highest BCUT2D eigenvalue weighted by molar-refractivity contribution is 5.78. The number of hydrogen-bond acceptors (Lipinski definition) is 1. The SMILES string of the molecule is CC[C@@H]1/C=C\CCCCC(=O)C1. The van der Waals surface area contributed by atoms with Gasteiger partial charge < -0.3 is 0 Å². The molecule has 1 aliphatic rings. The lowest BCUT2D eigenvalue weighted by atomic mass is 9.98. The zero-order chi connectivity index (χ0) is 8.81. The molecule has 68 valence electrons. The van der Waals surface area contributed by atoms with Crippen LogP contribution in [-0.4, -0.2) is 5.78 Å². The van der Waals surface area contributed by atoms with E-state index in [1.165, 1.54) is 6.42 Å². The molecular formula is C11H18O. The van der Waals surface area contributed by atoms with Crippen molar-refractivity contribution in [2.45, 2.75) is 45.4 Å². The van der Waals surface area contributed by atoms with E-state index in [9.17, 15) is 4.79 Å². The van der Waals surface area contributed by atoms with Gasteiger partial charge in [0.2, 0.25) is 0 Å². The standard InChI is InChI=1S/C11H18O/c1-2-10-7-5-3-4-6-8-11(12)9-10/h5,7,10H,2-4,6,8-9H2,1H3/b7-5-/t10-/m1/s1. The Morgan fingerprint density at radius 1 is 1.50 bits per heavy atom. The largest absolute Gasteiger partial charge is 0.300 e. The molecule has 0 fully saturated rings. The molecule has 0 saturated carbocycles. The molecule has 0 amide bonds. The lowest BCUT2D eigenvalue weighted by Gasteiger charge is -2.06. The van der Waals surface area contributed by atoms with Crippen molar-refractivity contribution in [3.63, 3.8) is 0 Å². The number of Topliss-reactive ketones (excluding diaryl/α,β-unsaturated/α-hetero) is 1. The number of hydrogen-bond donors (Lipinski definition) is 0. The molecule has 0 aliphatic heterocycles. The first-order chi connectivity index (χ1) is 5.83. The van der Waals surface area contributed by atoms with Crippen molar-refractivity contribution < 1.29 is 4.79 Å². The van der Waals surface area contributed by atoms with Gasteiger partial charge in [0.15, 0.2) is 0 Å². The predicted molar refractivity (Wildman–Crippen MR) is 51.0 cm³/mol. The Morgan fingerprint density at radius 2 is 2.33 bits per heavy atom. The molecule has 1 heteroatoms. The second-order valence-corrected chi connectivity index (χ2v) is 3.59. The van der Waals surface area contributed by atoms with Crippen LogP contribution in [0.4, 0.5) is 0 Å². The maximum Gasteiger partial charge on any atom is 0.133 e. The third-order valence-corrected chi connectivity index (χ3v) is 2.50. The molecule has 1 aliphatic carbocycles. The lowest BCUT2D eigenvalue weighted by Crippen LogP contribution is -2.04. The zero-order valence-electron chi connectivity index (χ0n) is 7.88.